The topological polar surface area (TPSA) is 64.7 Å². The molecule has 0 amide bonds. The summed E-state index contributed by atoms with van der Waals surface area (Å²) in [6, 6.07) is 56.0. The van der Waals surface area contributed by atoms with Gasteiger partial charge in [0.05, 0.1) is 5.69 Å². The van der Waals surface area contributed by atoms with Crippen molar-refractivity contribution in [3.05, 3.63) is 169 Å². The summed E-state index contributed by atoms with van der Waals surface area (Å²) in [5, 5.41) is 10.2. The fourth-order valence-electron chi connectivity index (χ4n) is 7.93. The predicted molar refractivity (Wildman–Crippen MR) is 222 cm³/mol. The number of hydrogen-bond acceptors (Lipinski definition) is 5. The van der Waals surface area contributed by atoms with Crippen LogP contribution in [0.1, 0.15) is 12.5 Å². The van der Waals surface area contributed by atoms with Crippen molar-refractivity contribution in [2.24, 2.45) is 4.99 Å². The molecule has 5 heteroatoms. The molecule has 0 unspecified atom stereocenters. The fraction of sp³-hybridized carbons (Fsp3) is 0.0204. The summed E-state index contributed by atoms with van der Waals surface area (Å²) < 4.78 is 19.3. The lowest BCUT2D eigenvalue weighted by Gasteiger charge is -2.06. The maximum atomic E-state index is 6.62. The van der Waals surface area contributed by atoms with Gasteiger partial charge in [0, 0.05) is 49.0 Å². The lowest BCUT2D eigenvalue weighted by molar-refractivity contribution is 0.668. The Balaban J connectivity index is 1.32. The molecule has 54 heavy (non-hydrogen) atoms. The molecule has 0 bridgehead atoms. The largest absolute Gasteiger partial charge is 0.456 e. The molecule has 5 nitrogen and oxygen atoms in total. The quantitative estimate of drug-likeness (QED) is 0.173. The summed E-state index contributed by atoms with van der Waals surface area (Å²) in [6.07, 6.45) is 0. The van der Waals surface area contributed by atoms with Crippen molar-refractivity contribution in [1.29, 1.82) is 0 Å². The Morgan fingerprint density at radius 3 is 1.78 bits per heavy atom. The van der Waals surface area contributed by atoms with Crippen LogP contribution in [0.5, 0.6) is 0 Å². The highest BCUT2D eigenvalue weighted by molar-refractivity contribution is 6.27. The summed E-state index contributed by atoms with van der Waals surface area (Å²) >= 11 is 0. The van der Waals surface area contributed by atoms with Crippen molar-refractivity contribution in [3.63, 3.8) is 0 Å². The number of hydrogen-bond donors (Lipinski definition) is 0. The van der Waals surface area contributed by atoms with Crippen LogP contribution in [0.4, 0.5) is 5.82 Å². The lowest BCUT2D eigenvalue weighted by Crippen LogP contribution is -1.94. The fourth-order valence-corrected chi connectivity index (χ4v) is 7.93. The van der Waals surface area contributed by atoms with E-state index >= 15 is 0 Å². The first-order valence-electron chi connectivity index (χ1n) is 18.1. The molecule has 0 saturated carbocycles. The van der Waals surface area contributed by atoms with E-state index in [0.29, 0.717) is 5.82 Å². The van der Waals surface area contributed by atoms with E-state index in [1.807, 2.05) is 79.7 Å². The molecule has 4 aromatic heterocycles. The number of para-hydroxylation sites is 2. The number of aromatic nitrogens is 1. The molecule has 0 spiro atoms. The first-order chi connectivity index (χ1) is 26.7. The summed E-state index contributed by atoms with van der Waals surface area (Å²) in [5.41, 5.74) is 8.54. The van der Waals surface area contributed by atoms with Gasteiger partial charge in [-0.3, -0.25) is 0 Å². The molecule has 11 rings (SSSR count). The molecule has 0 radical (unpaired) electrons. The molecule has 0 aliphatic heterocycles. The second-order valence-electron chi connectivity index (χ2n) is 13.7. The Morgan fingerprint density at radius 2 is 1.00 bits per heavy atom. The van der Waals surface area contributed by atoms with Gasteiger partial charge in [0.1, 0.15) is 33.5 Å². The summed E-state index contributed by atoms with van der Waals surface area (Å²) in [5.74, 6) is 0.588. The van der Waals surface area contributed by atoms with Gasteiger partial charge in [0.2, 0.25) is 0 Å². The van der Waals surface area contributed by atoms with Gasteiger partial charge in [-0.25, -0.2) is 9.98 Å². The van der Waals surface area contributed by atoms with E-state index in [1.54, 1.807) is 0 Å². The first-order valence-corrected chi connectivity index (χ1v) is 18.1. The van der Waals surface area contributed by atoms with E-state index < -0.39 is 0 Å². The smallest absolute Gasteiger partial charge is 0.160 e. The molecule has 0 saturated heterocycles. The van der Waals surface area contributed by atoms with Crippen LogP contribution in [0.25, 0.3) is 98.6 Å². The maximum Gasteiger partial charge on any atom is 0.160 e. The van der Waals surface area contributed by atoms with E-state index in [2.05, 4.69) is 91.0 Å². The molecule has 254 valence electrons. The number of rotatable bonds is 3. The van der Waals surface area contributed by atoms with Gasteiger partial charge >= 0.3 is 0 Å². The Hall–Kier alpha value is -7.24. The molecular formula is C49H30N2O3. The Labute approximate surface area is 308 Å². The van der Waals surface area contributed by atoms with Crippen molar-refractivity contribution in [3.8, 4) is 11.3 Å². The van der Waals surface area contributed by atoms with Crippen LogP contribution >= 0.6 is 0 Å². The zero-order chi connectivity index (χ0) is 35.8. The second-order valence-corrected chi connectivity index (χ2v) is 13.7. The van der Waals surface area contributed by atoms with Crippen molar-refractivity contribution in [2.45, 2.75) is 6.92 Å². The molecule has 0 fully saturated rings. The van der Waals surface area contributed by atoms with E-state index in [0.717, 1.165) is 110 Å². The zero-order valence-electron chi connectivity index (χ0n) is 29.2. The average molecular weight is 695 g/mol. The minimum absolute atomic E-state index is 0.588. The third kappa shape index (κ3) is 4.79. The van der Waals surface area contributed by atoms with Gasteiger partial charge in [-0.05, 0) is 89.3 Å². The van der Waals surface area contributed by atoms with Gasteiger partial charge in [-0.1, -0.05) is 103 Å². The number of aliphatic imine (C=N–C) groups is 1. The number of benzene rings is 7. The van der Waals surface area contributed by atoms with Crippen LogP contribution in [0.3, 0.4) is 0 Å². The second kappa shape index (κ2) is 11.9. The van der Waals surface area contributed by atoms with Crippen molar-refractivity contribution < 1.29 is 13.3 Å². The van der Waals surface area contributed by atoms with E-state index in [1.165, 1.54) is 0 Å². The summed E-state index contributed by atoms with van der Waals surface area (Å²) in [6.45, 7) is 2.04. The summed E-state index contributed by atoms with van der Waals surface area (Å²) in [4.78, 5) is 10.8. The number of fused-ring (bicyclic) bond motifs is 8. The monoisotopic (exact) mass is 694 g/mol. The zero-order valence-corrected chi connectivity index (χ0v) is 29.2. The average Bonchev–Trinajstić information content (AvgIpc) is 3.90. The molecule has 11 aromatic rings. The van der Waals surface area contributed by atoms with E-state index in [9.17, 15) is 0 Å². The van der Waals surface area contributed by atoms with Crippen LogP contribution in [-0.4, -0.2) is 10.7 Å². The van der Waals surface area contributed by atoms with Crippen molar-refractivity contribution >= 4 is 98.9 Å². The third-order valence-electron chi connectivity index (χ3n) is 10.5. The Bertz CT molecular complexity index is 3400. The molecule has 0 aliphatic rings. The minimum Gasteiger partial charge on any atom is -0.456 e. The number of furan rings is 3. The maximum absolute atomic E-state index is 6.62. The highest BCUT2D eigenvalue weighted by Gasteiger charge is 2.17. The molecule has 4 heterocycles. The van der Waals surface area contributed by atoms with Crippen LogP contribution in [0, 0.1) is 0 Å². The summed E-state index contributed by atoms with van der Waals surface area (Å²) in [7, 11) is 0. The molecule has 0 N–H and O–H groups in total. The Morgan fingerprint density at radius 1 is 0.426 bits per heavy atom. The standard InChI is InChI=1S/C49H30N2O3/c1-29(30-12-3-2-4-13-30)50-49-36-18-11-23-45-48(36)47-35(17-10-22-44(47)54-45)37-28-46-39(34-16-6-8-21-42(34)53-46)26-31(37)14-9-19-40(51-49)32-24-25-43-38(27-32)33-15-5-7-20-41(33)52-43/h2-28H,1H3/b14-9?,19-9?,31-14?,37-35?,40-19?,49-36?,50-29+,51-40?,51-49?. The van der Waals surface area contributed by atoms with Crippen LogP contribution in [0.15, 0.2) is 182 Å². The van der Waals surface area contributed by atoms with Crippen LogP contribution < -0.4 is 0 Å². The van der Waals surface area contributed by atoms with Gasteiger partial charge in [0.25, 0.3) is 0 Å². The number of nitrogens with zero attached hydrogens (tertiary/aromatic N) is 2. The van der Waals surface area contributed by atoms with E-state index in [4.69, 9.17) is 23.2 Å². The van der Waals surface area contributed by atoms with Crippen LogP contribution in [0.2, 0.25) is 0 Å². The normalized spacial score (nSPS) is 12.3. The Kier molecular flexibility index (Phi) is 6.70. The molecule has 0 atom stereocenters. The van der Waals surface area contributed by atoms with Gasteiger partial charge in [0.15, 0.2) is 5.82 Å². The molecule has 0 aliphatic carbocycles. The highest BCUT2D eigenvalue weighted by Crippen LogP contribution is 2.41. The third-order valence-corrected chi connectivity index (χ3v) is 10.5. The molecule has 7 aromatic carbocycles. The lowest BCUT2D eigenvalue weighted by atomic mass is 10.00. The minimum atomic E-state index is 0.588. The van der Waals surface area contributed by atoms with Crippen LogP contribution in [-0.2, 0) is 0 Å². The SMILES string of the molecule is C/C(=N\c1nc(-c2ccc3oc4ccccc4c3c2)cccc2cc3c(cc2c2cccc4oc5cccc1c5c42)oc1ccccc13)c1ccccc1. The first kappa shape index (κ1) is 30.4. The van der Waals surface area contributed by atoms with Gasteiger partial charge < -0.3 is 13.3 Å². The van der Waals surface area contributed by atoms with Crippen molar-refractivity contribution in [1.82, 2.24) is 4.98 Å². The van der Waals surface area contributed by atoms with Gasteiger partial charge in [-0.15, -0.1) is 0 Å². The van der Waals surface area contributed by atoms with E-state index in [-0.39, 0.29) is 0 Å². The predicted octanol–water partition coefficient (Wildman–Crippen LogP) is 14.0. The van der Waals surface area contributed by atoms with Crippen molar-refractivity contribution in [2.75, 3.05) is 0 Å². The molecular weight excluding hydrogens is 665 g/mol. The van der Waals surface area contributed by atoms with Gasteiger partial charge in [-0.2, -0.15) is 0 Å². The highest BCUT2D eigenvalue weighted by atomic mass is 16.3.